The van der Waals surface area contributed by atoms with E-state index in [1.807, 2.05) is 19.1 Å². The first kappa shape index (κ1) is 13.4. The van der Waals surface area contributed by atoms with Gasteiger partial charge in [-0.05, 0) is 26.0 Å². The van der Waals surface area contributed by atoms with Gasteiger partial charge in [-0.3, -0.25) is 14.9 Å². The van der Waals surface area contributed by atoms with Gasteiger partial charge in [0.2, 0.25) is 5.13 Å². The fourth-order valence-corrected chi connectivity index (χ4v) is 2.14. The summed E-state index contributed by atoms with van der Waals surface area (Å²) in [5.41, 5.74) is 1.59. The standard InChI is InChI=1S/C13H13N3O2S/c1-8-4-3-5-10(6-8)12(18)15-13-14-11(16-19-13)7-9(2)17/h3-6H,7H2,1-2H3,(H,14,15,16,18). The fourth-order valence-electron chi connectivity index (χ4n) is 1.55. The molecule has 0 atom stereocenters. The molecule has 2 rings (SSSR count). The van der Waals surface area contributed by atoms with Gasteiger partial charge in [0.05, 0.1) is 6.42 Å². The number of carbonyl (C=O) groups is 2. The van der Waals surface area contributed by atoms with Crippen LogP contribution in [0.25, 0.3) is 0 Å². The second kappa shape index (κ2) is 5.71. The average molecular weight is 275 g/mol. The third-order valence-electron chi connectivity index (χ3n) is 2.38. The van der Waals surface area contributed by atoms with Crippen LogP contribution in [0.3, 0.4) is 0 Å². The number of amides is 1. The Morgan fingerprint density at radius 1 is 1.37 bits per heavy atom. The van der Waals surface area contributed by atoms with Gasteiger partial charge in [-0.15, -0.1) is 0 Å². The van der Waals surface area contributed by atoms with Crippen molar-refractivity contribution < 1.29 is 9.59 Å². The minimum Gasteiger partial charge on any atom is -0.300 e. The first-order valence-corrected chi connectivity index (χ1v) is 6.52. The van der Waals surface area contributed by atoms with Crippen molar-refractivity contribution >= 4 is 28.4 Å². The summed E-state index contributed by atoms with van der Waals surface area (Å²) >= 11 is 1.07. The van der Waals surface area contributed by atoms with Crippen molar-refractivity contribution in [2.24, 2.45) is 0 Å². The van der Waals surface area contributed by atoms with Crippen molar-refractivity contribution in [3.05, 3.63) is 41.2 Å². The van der Waals surface area contributed by atoms with Crippen LogP contribution in [0, 0.1) is 6.92 Å². The van der Waals surface area contributed by atoms with E-state index in [2.05, 4.69) is 14.7 Å². The van der Waals surface area contributed by atoms with Gasteiger partial charge in [-0.2, -0.15) is 4.37 Å². The molecule has 0 unspecified atom stereocenters. The number of hydrogen-bond acceptors (Lipinski definition) is 5. The Hall–Kier alpha value is -2.08. The molecule has 2 aromatic rings. The number of ketones is 1. The number of nitrogens with zero attached hydrogens (tertiary/aromatic N) is 2. The van der Waals surface area contributed by atoms with Crippen LogP contribution in [-0.4, -0.2) is 21.0 Å². The monoisotopic (exact) mass is 275 g/mol. The molecule has 6 heteroatoms. The summed E-state index contributed by atoms with van der Waals surface area (Å²) in [5.74, 6) is 0.209. The highest BCUT2D eigenvalue weighted by Crippen LogP contribution is 2.13. The maximum Gasteiger partial charge on any atom is 0.257 e. The fraction of sp³-hybridized carbons (Fsp3) is 0.231. The maximum atomic E-state index is 12.0. The molecule has 98 valence electrons. The third-order valence-corrected chi connectivity index (χ3v) is 3.04. The Labute approximate surface area is 114 Å². The summed E-state index contributed by atoms with van der Waals surface area (Å²) in [6.07, 6.45) is 0.191. The van der Waals surface area contributed by atoms with E-state index < -0.39 is 0 Å². The van der Waals surface area contributed by atoms with E-state index in [4.69, 9.17) is 0 Å². The quantitative estimate of drug-likeness (QED) is 0.928. The van der Waals surface area contributed by atoms with E-state index in [0.717, 1.165) is 17.1 Å². The highest BCUT2D eigenvalue weighted by atomic mass is 32.1. The molecule has 0 bridgehead atoms. The van der Waals surface area contributed by atoms with Crippen LogP contribution in [0.15, 0.2) is 24.3 Å². The summed E-state index contributed by atoms with van der Waals surface area (Å²) in [6.45, 7) is 3.40. The van der Waals surface area contributed by atoms with Gasteiger partial charge in [-0.1, -0.05) is 17.7 Å². The van der Waals surface area contributed by atoms with Crippen LogP contribution >= 0.6 is 11.5 Å². The molecular formula is C13H13N3O2S. The first-order valence-electron chi connectivity index (χ1n) is 5.74. The highest BCUT2D eigenvalue weighted by molar-refractivity contribution is 7.09. The molecule has 0 saturated heterocycles. The van der Waals surface area contributed by atoms with Crippen molar-refractivity contribution in [2.75, 3.05) is 5.32 Å². The Balaban J connectivity index is 2.06. The molecule has 0 fully saturated rings. The Morgan fingerprint density at radius 3 is 2.84 bits per heavy atom. The number of nitrogens with one attached hydrogen (secondary N) is 1. The molecular weight excluding hydrogens is 262 g/mol. The van der Waals surface area contributed by atoms with E-state index in [-0.39, 0.29) is 18.1 Å². The predicted octanol–water partition coefficient (Wildman–Crippen LogP) is 2.23. The van der Waals surface area contributed by atoms with Crippen LogP contribution in [0.4, 0.5) is 5.13 Å². The Bertz CT molecular complexity index is 622. The molecule has 0 aliphatic carbocycles. The second-order valence-electron chi connectivity index (χ2n) is 4.22. The van der Waals surface area contributed by atoms with E-state index in [1.54, 1.807) is 12.1 Å². The van der Waals surface area contributed by atoms with Crippen molar-refractivity contribution in [1.82, 2.24) is 9.36 Å². The maximum absolute atomic E-state index is 12.0. The molecule has 0 aliphatic heterocycles. The number of carbonyl (C=O) groups excluding carboxylic acids is 2. The normalized spacial score (nSPS) is 10.2. The molecule has 0 spiro atoms. The SMILES string of the molecule is CC(=O)Cc1nsc(NC(=O)c2cccc(C)c2)n1. The number of rotatable bonds is 4. The molecule has 1 amide bonds. The summed E-state index contributed by atoms with van der Waals surface area (Å²) < 4.78 is 4.02. The number of aromatic nitrogens is 2. The highest BCUT2D eigenvalue weighted by Gasteiger charge is 2.11. The molecule has 0 radical (unpaired) electrons. The Kier molecular flexibility index (Phi) is 4.01. The van der Waals surface area contributed by atoms with Gasteiger partial charge in [0.25, 0.3) is 5.91 Å². The van der Waals surface area contributed by atoms with E-state index >= 15 is 0 Å². The summed E-state index contributed by atoms with van der Waals surface area (Å²) in [4.78, 5) is 27.0. The van der Waals surface area contributed by atoms with Crippen LogP contribution in [-0.2, 0) is 11.2 Å². The number of anilines is 1. The number of hydrogen-bond donors (Lipinski definition) is 1. The van der Waals surface area contributed by atoms with Crippen LogP contribution in [0.2, 0.25) is 0 Å². The lowest BCUT2D eigenvalue weighted by atomic mass is 10.1. The zero-order chi connectivity index (χ0) is 13.8. The van der Waals surface area contributed by atoms with E-state index in [1.165, 1.54) is 6.92 Å². The lowest BCUT2D eigenvalue weighted by Gasteiger charge is -2.01. The molecule has 0 aliphatic rings. The number of Topliss-reactive ketones (excluding diaryl/α,β-unsaturated/α-hetero) is 1. The number of benzene rings is 1. The topological polar surface area (TPSA) is 72.0 Å². The lowest BCUT2D eigenvalue weighted by molar-refractivity contribution is -0.116. The second-order valence-corrected chi connectivity index (χ2v) is 4.97. The van der Waals surface area contributed by atoms with Crippen LogP contribution in [0.1, 0.15) is 28.7 Å². The zero-order valence-corrected chi connectivity index (χ0v) is 11.5. The summed E-state index contributed by atoms with van der Waals surface area (Å²) in [6, 6.07) is 7.28. The van der Waals surface area contributed by atoms with Crippen molar-refractivity contribution in [2.45, 2.75) is 20.3 Å². The van der Waals surface area contributed by atoms with Gasteiger partial charge in [0.15, 0.2) is 5.82 Å². The van der Waals surface area contributed by atoms with Gasteiger partial charge < -0.3 is 0 Å². The van der Waals surface area contributed by atoms with Crippen LogP contribution in [0.5, 0.6) is 0 Å². The third kappa shape index (κ3) is 3.69. The van der Waals surface area contributed by atoms with Crippen molar-refractivity contribution in [3.63, 3.8) is 0 Å². The van der Waals surface area contributed by atoms with E-state index in [0.29, 0.717) is 16.5 Å². The van der Waals surface area contributed by atoms with E-state index in [9.17, 15) is 9.59 Å². The predicted molar refractivity (Wildman–Crippen MR) is 73.4 cm³/mol. The minimum absolute atomic E-state index is 0.00522. The van der Waals surface area contributed by atoms with Gasteiger partial charge in [0.1, 0.15) is 5.78 Å². The summed E-state index contributed by atoms with van der Waals surface area (Å²) in [5, 5.41) is 3.08. The van der Waals surface area contributed by atoms with Gasteiger partial charge in [-0.25, -0.2) is 4.98 Å². The first-order chi connectivity index (χ1) is 9.04. The Morgan fingerprint density at radius 2 is 2.16 bits per heavy atom. The molecule has 1 N–H and O–H groups in total. The minimum atomic E-state index is -0.228. The van der Waals surface area contributed by atoms with Crippen LogP contribution < -0.4 is 5.32 Å². The molecule has 1 aromatic carbocycles. The van der Waals surface area contributed by atoms with Crippen molar-refractivity contribution in [1.29, 1.82) is 0 Å². The number of aryl methyl sites for hydroxylation is 1. The van der Waals surface area contributed by atoms with Gasteiger partial charge in [0, 0.05) is 17.1 Å². The molecule has 1 heterocycles. The molecule has 1 aromatic heterocycles. The molecule has 19 heavy (non-hydrogen) atoms. The van der Waals surface area contributed by atoms with Gasteiger partial charge >= 0.3 is 0 Å². The molecule has 0 saturated carbocycles. The zero-order valence-electron chi connectivity index (χ0n) is 10.6. The van der Waals surface area contributed by atoms with Crippen molar-refractivity contribution in [3.8, 4) is 0 Å². The smallest absolute Gasteiger partial charge is 0.257 e. The lowest BCUT2D eigenvalue weighted by Crippen LogP contribution is -2.11. The average Bonchev–Trinajstić information content (AvgIpc) is 2.75. The summed E-state index contributed by atoms with van der Waals surface area (Å²) in [7, 11) is 0. The molecule has 5 nitrogen and oxygen atoms in total. The largest absolute Gasteiger partial charge is 0.300 e.